The van der Waals surface area contributed by atoms with Crippen LogP contribution in [0.15, 0.2) is 72.8 Å². The summed E-state index contributed by atoms with van der Waals surface area (Å²) in [6, 6.07) is 20.0. The maximum atomic E-state index is 13.1. The molecule has 0 heterocycles. The first-order valence-corrected chi connectivity index (χ1v) is 9.38. The molecule has 3 N–H and O–H groups in total. The molecule has 0 saturated carbocycles. The number of aromatic hydroxyl groups is 2. The molecule has 0 saturated heterocycles. The Labute approximate surface area is 169 Å². The molecule has 5 heteroatoms. The number of ketones is 1. The Hall–Kier alpha value is -3.60. The summed E-state index contributed by atoms with van der Waals surface area (Å²) < 4.78 is 0. The van der Waals surface area contributed by atoms with Crippen molar-refractivity contribution in [2.45, 2.75) is 25.8 Å². The average molecular weight is 389 g/mol. The van der Waals surface area contributed by atoms with E-state index in [0.29, 0.717) is 11.1 Å². The number of carbonyl (C=O) groups excluding carboxylic acids is 2. The summed E-state index contributed by atoms with van der Waals surface area (Å²) in [5, 5.41) is 22.1. The summed E-state index contributed by atoms with van der Waals surface area (Å²) in [6.07, 6.45) is 0.396. The van der Waals surface area contributed by atoms with Crippen LogP contribution >= 0.6 is 0 Å². The van der Waals surface area contributed by atoms with Crippen molar-refractivity contribution in [3.63, 3.8) is 0 Å². The lowest BCUT2D eigenvalue weighted by atomic mass is 9.95. The van der Waals surface area contributed by atoms with Gasteiger partial charge in [-0.05, 0) is 54.3 Å². The van der Waals surface area contributed by atoms with Gasteiger partial charge in [-0.25, -0.2) is 0 Å². The van der Waals surface area contributed by atoms with Crippen molar-refractivity contribution in [2.75, 3.05) is 0 Å². The smallest absolute Gasteiger partial charge is 0.251 e. The zero-order valence-electron chi connectivity index (χ0n) is 16.1. The van der Waals surface area contributed by atoms with Crippen molar-refractivity contribution in [3.05, 3.63) is 95.1 Å². The number of phenolic OH excluding ortho intramolecular Hbond substituents is 2. The molecule has 3 aromatic carbocycles. The highest BCUT2D eigenvalue weighted by Crippen LogP contribution is 2.25. The molecule has 1 unspecified atom stereocenters. The molecule has 0 aliphatic heterocycles. The Morgan fingerprint density at radius 3 is 2.28 bits per heavy atom. The number of hydrogen-bond donors (Lipinski definition) is 3. The molecular formula is C24H23NO4. The Morgan fingerprint density at radius 1 is 0.897 bits per heavy atom. The van der Waals surface area contributed by atoms with E-state index in [1.165, 1.54) is 12.1 Å². The Balaban J connectivity index is 1.83. The van der Waals surface area contributed by atoms with E-state index in [1.54, 1.807) is 30.3 Å². The SMILES string of the molecule is Cc1ccccc1CC(=O)C(Cc1ccc(O)c(O)c1)NC(=O)c1ccccc1. The third-order valence-electron chi connectivity index (χ3n) is 4.84. The largest absolute Gasteiger partial charge is 0.504 e. The van der Waals surface area contributed by atoms with Gasteiger partial charge in [0.05, 0.1) is 6.04 Å². The van der Waals surface area contributed by atoms with Gasteiger partial charge < -0.3 is 15.5 Å². The Bertz CT molecular complexity index is 1010. The second-order valence-corrected chi connectivity index (χ2v) is 6.99. The van der Waals surface area contributed by atoms with Crippen LogP contribution < -0.4 is 5.32 Å². The molecule has 0 fully saturated rings. The van der Waals surface area contributed by atoms with Gasteiger partial charge in [0.2, 0.25) is 0 Å². The van der Waals surface area contributed by atoms with Crippen LogP contribution in [0.5, 0.6) is 11.5 Å². The maximum Gasteiger partial charge on any atom is 0.251 e. The van der Waals surface area contributed by atoms with Gasteiger partial charge >= 0.3 is 0 Å². The molecule has 0 bridgehead atoms. The number of phenols is 2. The predicted molar refractivity (Wildman–Crippen MR) is 111 cm³/mol. The molecule has 1 amide bonds. The minimum Gasteiger partial charge on any atom is -0.504 e. The van der Waals surface area contributed by atoms with E-state index in [9.17, 15) is 19.8 Å². The van der Waals surface area contributed by atoms with Gasteiger partial charge in [0.15, 0.2) is 17.3 Å². The normalized spacial score (nSPS) is 11.6. The monoisotopic (exact) mass is 389 g/mol. The van der Waals surface area contributed by atoms with Crippen molar-refractivity contribution in [1.82, 2.24) is 5.32 Å². The zero-order valence-corrected chi connectivity index (χ0v) is 16.1. The molecule has 0 aliphatic carbocycles. The molecule has 0 aliphatic rings. The maximum absolute atomic E-state index is 13.1. The van der Waals surface area contributed by atoms with Gasteiger partial charge in [-0.15, -0.1) is 0 Å². The van der Waals surface area contributed by atoms with Gasteiger partial charge in [0.25, 0.3) is 5.91 Å². The van der Waals surface area contributed by atoms with Crippen LogP contribution in [0.2, 0.25) is 0 Å². The molecule has 3 rings (SSSR count). The van der Waals surface area contributed by atoms with Gasteiger partial charge in [0.1, 0.15) is 0 Å². The fraction of sp³-hybridized carbons (Fsp3) is 0.167. The van der Waals surface area contributed by atoms with Crippen molar-refractivity contribution < 1.29 is 19.8 Å². The lowest BCUT2D eigenvalue weighted by Crippen LogP contribution is -2.43. The number of benzene rings is 3. The summed E-state index contributed by atoms with van der Waals surface area (Å²) in [5.41, 5.74) is 3.02. The number of nitrogens with one attached hydrogen (secondary N) is 1. The van der Waals surface area contributed by atoms with Crippen molar-refractivity contribution in [1.29, 1.82) is 0 Å². The van der Waals surface area contributed by atoms with Gasteiger partial charge in [0, 0.05) is 12.0 Å². The Kier molecular flexibility index (Phi) is 6.29. The average Bonchev–Trinajstić information content (AvgIpc) is 2.72. The molecular weight excluding hydrogens is 366 g/mol. The van der Waals surface area contributed by atoms with E-state index in [0.717, 1.165) is 11.1 Å². The molecule has 5 nitrogen and oxygen atoms in total. The number of rotatable bonds is 7. The fourth-order valence-corrected chi connectivity index (χ4v) is 3.13. The topological polar surface area (TPSA) is 86.6 Å². The van der Waals surface area contributed by atoms with E-state index in [4.69, 9.17) is 0 Å². The molecule has 0 spiro atoms. The molecule has 29 heavy (non-hydrogen) atoms. The molecule has 3 aromatic rings. The molecule has 0 radical (unpaired) electrons. The van der Waals surface area contributed by atoms with E-state index in [1.807, 2.05) is 37.3 Å². The molecule has 148 valence electrons. The first kappa shape index (κ1) is 20.1. The Morgan fingerprint density at radius 2 is 1.59 bits per heavy atom. The van der Waals surface area contributed by atoms with Crippen LogP contribution in [0.1, 0.15) is 27.0 Å². The lowest BCUT2D eigenvalue weighted by Gasteiger charge is -2.19. The first-order valence-electron chi connectivity index (χ1n) is 9.38. The highest BCUT2D eigenvalue weighted by atomic mass is 16.3. The first-order chi connectivity index (χ1) is 13.9. The third-order valence-corrected chi connectivity index (χ3v) is 4.84. The van der Waals surface area contributed by atoms with E-state index in [2.05, 4.69) is 5.32 Å². The number of Topliss-reactive ketones (excluding diaryl/α,β-unsaturated/α-hetero) is 1. The van der Waals surface area contributed by atoms with E-state index in [-0.39, 0.29) is 36.0 Å². The minimum atomic E-state index is -0.772. The third kappa shape index (κ3) is 5.23. The quantitative estimate of drug-likeness (QED) is 0.539. The number of carbonyl (C=O) groups is 2. The fourth-order valence-electron chi connectivity index (χ4n) is 3.13. The number of amides is 1. The van der Waals surface area contributed by atoms with Crippen molar-refractivity contribution in [2.24, 2.45) is 0 Å². The second kappa shape index (κ2) is 9.06. The van der Waals surface area contributed by atoms with Crippen LogP contribution in [0.25, 0.3) is 0 Å². The minimum absolute atomic E-state index is 0.129. The molecule has 0 aromatic heterocycles. The van der Waals surface area contributed by atoms with Gasteiger partial charge in [-0.3, -0.25) is 9.59 Å². The summed E-state index contributed by atoms with van der Waals surface area (Å²) in [4.78, 5) is 25.7. The summed E-state index contributed by atoms with van der Waals surface area (Å²) in [6.45, 7) is 1.94. The summed E-state index contributed by atoms with van der Waals surface area (Å²) in [7, 11) is 0. The van der Waals surface area contributed by atoms with Crippen LogP contribution in [-0.2, 0) is 17.6 Å². The summed E-state index contributed by atoms with van der Waals surface area (Å²) >= 11 is 0. The van der Waals surface area contributed by atoms with Gasteiger partial charge in [-0.2, -0.15) is 0 Å². The van der Waals surface area contributed by atoms with Crippen LogP contribution in [0.3, 0.4) is 0 Å². The van der Waals surface area contributed by atoms with E-state index >= 15 is 0 Å². The molecule has 1 atom stereocenters. The highest BCUT2D eigenvalue weighted by molar-refractivity contribution is 5.98. The van der Waals surface area contributed by atoms with Crippen LogP contribution in [0.4, 0.5) is 0 Å². The highest BCUT2D eigenvalue weighted by Gasteiger charge is 2.23. The second-order valence-electron chi connectivity index (χ2n) is 6.99. The number of hydrogen-bond acceptors (Lipinski definition) is 4. The summed E-state index contributed by atoms with van der Waals surface area (Å²) in [5.74, 6) is -0.959. The standard InChI is InChI=1S/C24H23NO4/c1-16-7-5-6-10-19(16)15-22(27)20(13-17-11-12-21(26)23(28)14-17)25-24(29)18-8-3-2-4-9-18/h2-12,14,20,26,28H,13,15H2,1H3,(H,25,29). The van der Waals surface area contributed by atoms with Crippen LogP contribution in [0, 0.1) is 6.92 Å². The van der Waals surface area contributed by atoms with Crippen molar-refractivity contribution >= 4 is 11.7 Å². The number of aryl methyl sites for hydroxylation is 1. The predicted octanol–water partition coefficient (Wildman–Crippen LogP) is 3.56. The van der Waals surface area contributed by atoms with Gasteiger partial charge in [-0.1, -0.05) is 48.5 Å². The van der Waals surface area contributed by atoms with Crippen molar-refractivity contribution in [3.8, 4) is 11.5 Å². The van der Waals surface area contributed by atoms with Crippen LogP contribution in [-0.4, -0.2) is 27.9 Å². The zero-order chi connectivity index (χ0) is 20.8. The lowest BCUT2D eigenvalue weighted by molar-refractivity contribution is -0.120. The van der Waals surface area contributed by atoms with E-state index < -0.39 is 6.04 Å².